The van der Waals surface area contributed by atoms with Crippen molar-refractivity contribution in [3.05, 3.63) is 89.9 Å². The zero-order valence-corrected chi connectivity index (χ0v) is 19.4. The van der Waals surface area contributed by atoms with Crippen molar-refractivity contribution in [2.24, 2.45) is 0 Å². The second kappa shape index (κ2) is 13.4. The molecular formula is C26H29FeN3O2. The van der Waals surface area contributed by atoms with Gasteiger partial charge in [0, 0.05) is 39.3 Å². The van der Waals surface area contributed by atoms with Crippen molar-refractivity contribution >= 4 is 5.69 Å². The molecule has 1 aliphatic carbocycles. The molecule has 1 heterocycles. The first-order valence-electron chi connectivity index (χ1n) is 10.5. The van der Waals surface area contributed by atoms with Gasteiger partial charge in [-0.1, -0.05) is 36.4 Å². The summed E-state index contributed by atoms with van der Waals surface area (Å²) >= 11 is 0. The summed E-state index contributed by atoms with van der Waals surface area (Å²) in [5.41, 5.74) is 2.85. The summed E-state index contributed by atoms with van der Waals surface area (Å²) in [6, 6.07) is 15.8. The molecule has 2 aromatic carbocycles. The van der Waals surface area contributed by atoms with Crippen molar-refractivity contribution in [2.75, 3.05) is 51.3 Å². The predicted octanol–water partition coefficient (Wildman–Crippen LogP) is 2.49. The molecule has 1 aliphatic heterocycles. The van der Waals surface area contributed by atoms with E-state index in [1.165, 1.54) is 0 Å². The molecule has 1 saturated heterocycles. The van der Waals surface area contributed by atoms with Crippen LogP contribution in [0.2, 0.25) is 0 Å². The van der Waals surface area contributed by atoms with E-state index in [2.05, 4.69) is 27.1 Å². The molecule has 32 heavy (non-hydrogen) atoms. The Kier molecular flexibility index (Phi) is 10.6. The maximum absolute atomic E-state index is 11.9. The summed E-state index contributed by atoms with van der Waals surface area (Å²) in [4.78, 5) is 4.75. The van der Waals surface area contributed by atoms with Crippen LogP contribution in [0.1, 0.15) is 5.56 Å². The number of rotatable bonds is 6. The molecule has 2 aliphatic rings. The number of hydrogen-bond donors (Lipinski definition) is 1. The first-order valence-corrected chi connectivity index (χ1v) is 10.5. The number of anilines is 1. The van der Waals surface area contributed by atoms with Gasteiger partial charge in [-0.15, -0.1) is 11.6 Å². The van der Waals surface area contributed by atoms with Gasteiger partial charge >= 0.3 is 17.1 Å². The number of nitrogens with one attached hydrogen (secondary N) is 1. The Bertz CT molecular complexity index is 936. The zero-order valence-electron chi connectivity index (χ0n) is 18.3. The average molecular weight is 471 g/mol. The van der Waals surface area contributed by atoms with Crippen LogP contribution in [-0.4, -0.2) is 51.3 Å². The van der Waals surface area contributed by atoms with E-state index >= 15 is 0 Å². The second-order valence-electron chi connectivity index (χ2n) is 7.25. The van der Waals surface area contributed by atoms with Crippen molar-refractivity contribution in [3.8, 4) is 18.1 Å². The second-order valence-corrected chi connectivity index (χ2v) is 7.25. The molecule has 1 N–H and O–H groups in total. The Balaban J connectivity index is 0.000000388. The van der Waals surface area contributed by atoms with Crippen LogP contribution < -0.4 is 20.1 Å². The van der Waals surface area contributed by atoms with Crippen molar-refractivity contribution < 1.29 is 26.9 Å². The molecule has 0 bridgehead atoms. The van der Waals surface area contributed by atoms with Crippen LogP contribution in [0.5, 0.6) is 5.75 Å². The maximum Gasteiger partial charge on any atom is 2.00 e. The third kappa shape index (κ3) is 7.32. The first-order chi connectivity index (χ1) is 15.2. The molecule has 0 spiro atoms. The van der Waals surface area contributed by atoms with E-state index in [1.807, 2.05) is 66.8 Å². The van der Waals surface area contributed by atoms with Gasteiger partial charge in [-0.25, -0.2) is 0 Å². The summed E-state index contributed by atoms with van der Waals surface area (Å²) in [5, 5.41) is 14.9. The zero-order chi connectivity index (χ0) is 21.9. The van der Waals surface area contributed by atoms with E-state index in [0.717, 1.165) is 55.3 Å². The molecule has 4 rings (SSSR count). The molecule has 0 radical (unpaired) electrons. The van der Waals surface area contributed by atoms with Crippen LogP contribution >= 0.6 is 0 Å². The van der Waals surface area contributed by atoms with Gasteiger partial charge in [-0.05, 0) is 23.6 Å². The smallest absolute Gasteiger partial charge is 0.860 e. The third-order valence-corrected chi connectivity index (χ3v) is 5.27. The SMILES string of the molecule is C#Cc1ccc[cH-]1.COc1ccccc1N1CCN(CCNC([O-])=C2C=CC=C2)CC1.[Fe+2]. The van der Waals surface area contributed by atoms with E-state index in [1.54, 1.807) is 7.11 Å². The van der Waals surface area contributed by atoms with Crippen molar-refractivity contribution in [1.82, 2.24) is 10.2 Å². The van der Waals surface area contributed by atoms with Gasteiger partial charge in [-0.2, -0.15) is 30.5 Å². The van der Waals surface area contributed by atoms with Crippen molar-refractivity contribution in [2.45, 2.75) is 0 Å². The van der Waals surface area contributed by atoms with E-state index in [4.69, 9.17) is 11.2 Å². The van der Waals surface area contributed by atoms with Crippen LogP contribution in [0, 0.1) is 12.3 Å². The van der Waals surface area contributed by atoms with Crippen molar-refractivity contribution in [3.63, 3.8) is 0 Å². The molecular weight excluding hydrogens is 442 g/mol. The minimum Gasteiger partial charge on any atom is -0.860 e. The van der Waals surface area contributed by atoms with Gasteiger partial charge < -0.3 is 20.1 Å². The van der Waals surface area contributed by atoms with Gasteiger partial charge in [0.1, 0.15) is 5.75 Å². The quantitative estimate of drug-likeness (QED) is 0.304. The van der Waals surface area contributed by atoms with Gasteiger partial charge in [0.2, 0.25) is 0 Å². The van der Waals surface area contributed by atoms with Gasteiger partial charge in [0.25, 0.3) is 0 Å². The fourth-order valence-corrected chi connectivity index (χ4v) is 3.53. The number of piperazine rings is 1. The molecule has 2 aromatic rings. The molecule has 1 fully saturated rings. The van der Waals surface area contributed by atoms with Gasteiger partial charge in [-0.3, -0.25) is 4.90 Å². The topological polar surface area (TPSA) is 50.8 Å². The van der Waals surface area contributed by atoms with E-state index < -0.39 is 0 Å². The largest absolute Gasteiger partial charge is 2.00 e. The summed E-state index contributed by atoms with van der Waals surface area (Å²) in [7, 11) is 1.71. The fraction of sp³-hybridized carbons (Fsp3) is 0.269. The molecule has 0 unspecified atom stereocenters. The maximum atomic E-state index is 11.9. The first kappa shape index (κ1) is 25.3. The third-order valence-electron chi connectivity index (χ3n) is 5.27. The Hall–Kier alpha value is -2.97. The average Bonchev–Trinajstić information content (AvgIpc) is 3.54. The van der Waals surface area contributed by atoms with E-state index in [0.29, 0.717) is 6.54 Å². The molecule has 6 heteroatoms. The van der Waals surface area contributed by atoms with Crippen LogP contribution in [0.15, 0.2) is 84.3 Å². The number of para-hydroxylation sites is 2. The standard InChI is InChI=1S/C19H25N3O2.C7H5.Fe/c1-24-18-9-5-4-8-17(18)22-14-12-21(13-15-22)11-10-20-19(23)16-6-2-3-7-16;1-2-7-5-3-4-6-7;/h2-9,20,23H,10-15H2,1H3;1,3-6H;/q;-1;+2/p-1. The minimum absolute atomic E-state index is 0. The molecule has 0 aromatic heterocycles. The Morgan fingerprint density at radius 3 is 2.44 bits per heavy atom. The number of allylic oxidation sites excluding steroid dienone is 5. The predicted molar refractivity (Wildman–Crippen MR) is 125 cm³/mol. The fourth-order valence-electron chi connectivity index (χ4n) is 3.53. The van der Waals surface area contributed by atoms with Gasteiger partial charge in [0.05, 0.1) is 12.8 Å². The minimum atomic E-state index is 0. The molecule has 168 valence electrons. The molecule has 0 saturated carbocycles. The summed E-state index contributed by atoms with van der Waals surface area (Å²) in [5.74, 6) is 3.44. The molecule has 5 nitrogen and oxygen atoms in total. The Morgan fingerprint density at radius 2 is 1.84 bits per heavy atom. The molecule has 0 amide bonds. The Labute approximate surface area is 201 Å². The van der Waals surface area contributed by atoms with Crippen LogP contribution in [-0.2, 0) is 17.1 Å². The number of methoxy groups -OCH3 is 1. The van der Waals surface area contributed by atoms with Gasteiger partial charge in [0.15, 0.2) is 0 Å². The van der Waals surface area contributed by atoms with E-state index in [-0.39, 0.29) is 23.0 Å². The van der Waals surface area contributed by atoms with Crippen molar-refractivity contribution in [1.29, 1.82) is 0 Å². The normalized spacial score (nSPS) is 14.8. The van der Waals surface area contributed by atoms with Crippen LogP contribution in [0.25, 0.3) is 0 Å². The van der Waals surface area contributed by atoms with E-state index in [9.17, 15) is 5.11 Å². The Morgan fingerprint density at radius 1 is 1.12 bits per heavy atom. The molecule has 0 atom stereocenters. The number of nitrogens with zero attached hydrogens (tertiary/aromatic N) is 2. The summed E-state index contributed by atoms with van der Waals surface area (Å²) in [6.07, 6.45) is 12.5. The van der Waals surface area contributed by atoms with Crippen LogP contribution in [0.4, 0.5) is 5.69 Å². The number of hydrogen-bond acceptors (Lipinski definition) is 5. The summed E-state index contributed by atoms with van der Waals surface area (Å²) < 4.78 is 5.45. The summed E-state index contributed by atoms with van der Waals surface area (Å²) in [6.45, 7) is 5.48. The monoisotopic (exact) mass is 471 g/mol. The number of benzene rings is 1. The number of terminal acetylenes is 1. The van der Waals surface area contributed by atoms with Crippen LogP contribution in [0.3, 0.4) is 0 Å². The number of ether oxygens (including phenoxy) is 1.